The number of unbranched alkanes of at least 4 members (excludes halogenated alkanes) is 1. The maximum absolute atomic E-state index is 11.0. The molecule has 0 aromatic carbocycles. The first kappa shape index (κ1) is 19.8. The first-order chi connectivity index (χ1) is 8.88. The molecular formula is C16H28O3. The van der Waals surface area contributed by atoms with E-state index in [0.717, 1.165) is 11.8 Å². The lowest BCUT2D eigenvalue weighted by Gasteiger charge is -2.07. The summed E-state index contributed by atoms with van der Waals surface area (Å²) < 4.78 is 0. The van der Waals surface area contributed by atoms with Gasteiger partial charge >= 0.3 is 0 Å². The second kappa shape index (κ2) is 12.9. The molecule has 0 spiro atoms. The van der Waals surface area contributed by atoms with Gasteiger partial charge in [-0.25, -0.2) is 0 Å². The van der Waals surface area contributed by atoms with E-state index in [1.54, 1.807) is 6.92 Å². The van der Waals surface area contributed by atoms with Crippen LogP contribution in [0.1, 0.15) is 53.4 Å². The molecule has 0 aliphatic rings. The topological polar surface area (TPSA) is 57.5 Å². The lowest BCUT2D eigenvalue weighted by Crippen LogP contribution is -2.06. The van der Waals surface area contributed by atoms with Gasteiger partial charge < -0.3 is 10.2 Å². The molecule has 0 radical (unpaired) electrons. The zero-order chi connectivity index (χ0) is 15.3. The maximum atomic E-state index is 11.0. The van der Waals surface area contributed by atoms with E-state index in [4.69, 9.17) is 10.2 Å². The largest absolute Gasteiger partial charge is 0.516 e. The molecule has 1 unspecified atom stereocenters. The van der Waals surface area contributed by atoms with Crippen LogP contribution in [0.5, 0.6) is 0 Å². The summed E-state index contributed by atoms with van der Waals surface area (Å²) in [4.78, 5) is 11.0. The second-order valence-corrected chi connectivity index (χ2v) is 4.58. The molecule has 0 saturated carbocycles. The summed E-state index contributed by atoms with van der Waals surface area (Å²) in [6, 6.07) is 0. The van der Waals surface area contributed by atoms with Crippen LogP contribution >= 0.6 is 0 Å². The molecule has 0 fully saturated rings. The maximum Gasteiger partial charge on any atom is 0.132 e. The van der Waals surface area contributed by atoms with Gasteiger partial charge in [-0.15, -0.1) is 0 Å². The highest BCUT2D eigenvalue weighted by molar-refractivity contribution is 5.77. The highest BCUT2D eigenvalue weighted by atomic mass is 16.3. The first-order valence-corrected chi connectivity index (χ1v) is 6.78. The minimum absolute atomic E-state index is 0.00699. The summed E-state index contributed by atoms with van der Waals surface area (Å²) in [7, 11) is 0. The SMILES string of the molecule is C=C(O)/C=C(\C=C/O)CCC(C)C(C)=O.CCCC. The van der Waals surface area contributed by atoms with Crippen LogP contribution in [-0.2, 0) is 4.79 Å². The molecule has 0 aromatic heterocycles. The molecular weight excluding hydrogens is 240 g/mol. The van der Waals surface area contributed by atoms with Gasteiger partial charge in [0.05, 0.1) is 6.26 Å². The van der Waals surface area contributed by atoms with Crippen LogP contribution in [0.4, 0.5) is 0 Å². The number of hydrogen-bond acceptors (Lipinski definition) is 3. The molecule has 1 atom stereocenters. The van der Waals surface area contributed by atoms with Crippen LogP contribution in [0.2, 0.25) is 0 Å². The van der Waals surface area contributed by atoms with Gasteiger partial charge in [0.25, 0.3) is 0 Å². The van der Waals surface area contributed by atoms with E-state index in [1.165, 1.54) is 25.0 Å². The molecule has 0 aliphatic heterocycles. The third-order valence-electron chi connectivity index (χ3n) is 2.70. The minimum Gasteiger partial charge on any atom is -0.516 e. The van der Waals surface area contributed by atoms with Crippen molar-refractivity contribution in [2.45, 2.75) is 53.4 Å². The highest BCUT2D eigenvalue weighted by Crippen LogP contribution is 2.15. The standard InChI is InChI=1S/C12H18O3.C4H10/c1-9(11(3)15)4-5-12(6-7-13)8-10(2)14;1-3-4-2/h6-9,13-14H,2,4-5H2,1,3H3;3-4H2,1-2H3/b7-6-,12-8-;. The number of carbonyl (C=O) groups excluding carboxylic acids is 1. The minimum atomic E-state index is -0.0569. The molecule has 0 bridgehead atoms. The van der Waals surface area contributed by atoms with Crippen molar-refractivity contribution in [1.82, 2.24) is 0 Å². The monoisotopic (exact) mass is 268 g/mol. The van der Waals surface area contributed by atoms with Gasteiger partial charge in [-0.3, -0.25) is 4.79 Å². The van der Waals surface area contributed by atoms with Gasteiger partial charge in [-0.1, -0.05) is 40.2 Å². The Hall–Kier alpha value is -1.51. The summed E-state index contributed by atoms with van der Waals surface area (Å²) in [5.74, 6) is 0.0798. The van der Waals surface area contributed by atoms with Crippen molar-refractivity contribution in [1.29, 1.82) is 0 Å². The van der Waals surface area contributed by atoms with Gasteiger partial charge in [-0.05, 0) is 37.5 Å². The third kappa shape index (κ3) is 14.4. The molecule has 110 valence electrons. The van der Waals surface area contributed by atoms with Gasteiger partial charge in [0.2, 0.25) is 0 Å². The molecule has 0 rings (SSSR count). The zero-order valence-corrected chi connectivity index (χ0v) is 12.6. The average Bonchev–Trinajstić information content (AvgIpc) is 2.35. The Bertz CT molecular complexity index is 312. The van der Waals surface area contributed by atoms with Crippen LogP contribution < -0.4 is 0 Å². The van der Waals surface area contributed by atoms with Crippen LogP contribution in [-0.4, -0.2) is 16.0 Å². The Balaban J connectivity index is 0. The molecule has 0 amide bonds. The van der Waals surface area contributed by atoms with Crippen LogP contribution in [0.3, 0.4) is 0 Å². The van der Waals surface area contributed by atoms with E-state index in [9.17, 15) is 4.79 Å². The Labute approximate surface area is 117 Å². The van der Waals surface area contributed by atoms with E-state index in [0.29, 0.717) is 12.8 Å². The van der Waals surface area contributed by atoms with Crippen molar-refractivity contribution in [3.63, 3.8) is 0 Å². The fraction of sp³-hybridized carbons (Fsp3) is 0.562. The fourth-order valence-electron chi connectivity index (χ4n) is 1.10. The summed E-state index contributed by atoms with van der Waals surface area (Å²) in [5.41, 5.74) is 0.748. The smallest absolute Gasteiger partial charge is 0.132 e. The summed E-state index contributed by atoms with van der Waals surface area (Å²) in [6.07, 6.45) is 7.82. The number of aliphatic hydroxyl groups is 2. The lowest BCUT2D eigenvalue weighted by atomic mass is 9.98. The number of allylic oxidation sites excluding steroid dienone is 3. The van der Waals surface area contributed by atoms with Gasteiger partial charge in [-0.2, -0.15) is 0 Å². The Morgan fingerprint density at radius 1 is 1.32 bits per heavy atom. The number of Topliss-reactive ketones (excluding diaryl/α,β-unsaturated/α-hetero) is 1. The predicted molar refractivity (Wildman–Crippen MR) is 81.3 cm³/mol. The molecule has 3 nitrogen and oxygen atoms in total. The number of rotatable bonds is 7. The number of hydrogen-bond donors (Lipinski definition) is 2. The normalized spacial score (nSPS) is 12.7. The Morgan fingerprint density at radius 2 is 1.84 bits per heavy atom. The van der Waals surface area contributed by atoms with Crippen molar-refractivity contribution in [3.8, 4) is 0 Å². The van der Waals surface area contributed by atoms with E-state index in [-0.39, 0.29) is 17.5 Å². The predicted octanol–water partition coefficient (Wildman–Crippen LogP) is 4.87. The van der Waals surface area contributed by atoms with Crippen molar-refractivity contribution < 1.29 is 15.0 Å². The number of ketones is 1. The summed E-state index contributed by atoms with van der Waals surface area (Å²) in [6.45, 7) is 11.1. The van der Waals surface area contributed by atoms with E-state index in [2.05, 4.69) is 20.4 Å². The third-order valence-corrected chi connectivity index (χ3v) is 2.70. The molecule has 0 heterocycles. The molecule has 0 aromatic rings. The molecule has 0 aliphatic carbocycles. The van der Waals surface area contributed by atoms with Crippen molar-refractivity contribution in [3.05, 3.63) is 36.3 Å². The van der Waals surface area contributed by atoms with E-state index >= 15 is 0 Å². The molecule has 3 heteroatoms. The van der Waals surface area contributed by atoms with E-state index < -0.39 is 0 Å². The summed E-state index contributed by atoms with van der Waals surface area (Å²) in [5, 5.41) is 17.6. The van der Waals surface area contributed by atoms with Crippen molar-refractivity contribution in [2.75, 3.05) is 0 Å². The number of carbonyl (C=O) groups is 1. The molecule has 0 saturated heterocycles. The molecule has 2 N–H and O–H groups in total. The van der Waals surface area contributed by atoms with Crippen molar-refractivity contribution in [2.24, 2.45) is 5.92 Å². The Morgan fingerprint density at radius 3 is 2.16 bits per heavy atom. The van der Waals surface area contributed by atoms with Crippen LogP contribution in [0.15, 0.2) is 36.3 Å². The zero-order valence-electron chi connectivity index (χ0n) is 12.6. The van der Waals surface area contributed by atoms with Crippen LogP contribution in [0.25, 0.3) is 0 Å². The Kier molecular flexibility index (Phi) is 13.5. The van der Waals surface area contributed by atoms with E-state index in [1.807, 2.05) is 6.92 Å². The highest BCUT2D eigenvalue weighted by Gasteiger charge is 2.07. The quantitative estimate of drug-likeness (QED) is 0.511. The second-order valence-electron chi connectivity index (χ2n) is 4.58. The van der Waals surface area contributed by atoms with Crippen LogP contribution in [0, 0.1) is 5.92 Å². The van der Waals surface area contributed by atoms with Gasteiger partial charge in [0, 0.05) is 5.92 Å². The molecule has 19 heavy (non-hydrogen) atoms. The lowest BCUT2D eigenvalue weighted by molar-refractivity contribution is -0.120. The number of aliphatic hydroxyl groups excluding tert-OH is 2. The van der Waals surface area contributed by atoms with Gasteiger partial charge in [0.1, 0.15) is 11.5 Å². The van der Waals surface area contributed by atoms with Crippen molar-refractivity contribution >= 4 is 5.78 Å². The average molecular weight is 268 g/mol. The first-order valence-electron chi connectivity index (χ1n) is 6.78. The summed E-state index contributed by atoms with van der Waals surface area (Å²) >= 11 is 0. The fourth-order valence-corrected chi connectivity index (χ4v) is 1.10. The van der Waals surface area contributed by atoms with Gasteiger partial charge in [0.15, 0.2) is 0 Å².